The number of aliphatic carboxylic acids is 1. The molecule has 21 heavy (non-hydrogen) atoms. The number of nitrogens with one attached hydrogen (secondary N) is 1. The Morgan fingerprint density at radius 3 is 2.67 bits per heavy atom. The molecule has 0 unspecified atom stereocenters. The second kappa shape index (κ2) is 7.53. The van der Waals surface area contributed by atoms with Gasteiger partial charge in [-0.3, -0.25) is 9.69 Å². The molecule has 1 fully saturated rings. The fourth-order valence-electron chi connectivity index (χ4n) is 2.13. The molecule has 1 aromatic heterocycles. The maximum atomic E-state index is 12.0. The molecule has 114 valence electrons. The third-order valence-electron chi connectivity index (χ3n) is 3.35. The van der Waals surface area contributed by atoms with Crippen molar-refractivity contribution in [2.45, 2.75) is 13.0 Å². The van der Waals surface area contributed by atoms with E-state index in [4.69, 9.17) is 5.11 Å². The van der Waals surface area contributed by atoms with Crippen LogP contribution in [0.5, 0.6) is 0 Å². The van der Waals surface area contributed by atoms with Crippen molar-refractivity contribution in [3.63, 3.8) is 0 Å². The van der Waals surface area contributed by atoms with Crippen LogP contribution in [-0.4, -0.2) is 69.8 Å². The number of carboxylic acid groups (broad SMARTS) is 1. The van der Waals surface area contributed by atoms with E-state index in [1.807, 2.05) is 0 Å². The Kier molecular flexibility index (Phi) is 5.44. The Morgan fingerprint density at radius 1 is 1.29 bits per heavy atom. The minimum absolute atomic E-state index is 0.126. The van der Waals surface area contributed by atoms with Gasteiger partial charge in [-0.25, -0.2) is 4.79 Å². The Morgan fingerprint density at radius 2 is 2.05 bits per heavy atom. The Bertz CT molecular complexity index is 474. The molecule has 0 aromatic carbocycles. The van der Waals surface area contributed by atoms with Gasteiger partial charge in [0.2, 0.25) is 0 Å². The fourth-order valence-corrected chi connectivity index (χ4v) is 2.13. The number of rotatable bonds is 5. The van der Waals surface area contributed by atoms with Crippen LogP contribution < -0.4 is 5.32 Å². The zero-order valence-corrected chi connectivity index (χ0v) is 11.7. The largest absolute Gasteiger partial charge is 0.481 e. The lowest BCUT2D eigenvalue weighted by atomic mass is 10.3. The number of amides is 2. The van der Waals surface area contributed by atoms with Crippen LogP contribution >= 0.6 is 0 Å². The molecule has 1 aliphatic rings. The van der Waals surface area contributed by atoms with Crippen molar-refractivity contribution in [3.8, 4) is 0 Å². The van der Waals surface area contributed by atoms with Crippen molar-refractivity contribution in [3.05, 3.63) is 24.0 Å². The van der Waals surface area contributed by atoms with Gasteiger partial charge in [0.15, 0.2) is 0 Å². The summed E-state index contributed by atoms with van der Waals surface area (Å²) < 4.78 is 0. The van der Waals surface area contributed by atoms with Gasteiger partial charge in [-0.05, 0) is 12.1 Å². The number of carbonyl (C=O) groups excluding carboxylic acids is 1. The van der Waals surface area contributed by atoms with E-state index in [1.165, 1.54) is 0 Å². The molecule has 2 N–H and O–H groups in total. The quantitative estimate of drug-likeness (QED) is 0.778. The predicted molar refractivity (Wildman–Crippen MR) is 74.5 cm³/mol. The van der Waals surface area contributed by atoms with E-state index >= 15 is 0 Å². The van der Waals surface area contributed by atoms with Crippen molar-refractivity contribution < 1.29 is 14.7 Å². The summed E-state index contributed by atoms with van der Waals surface area (Å²) in [6.07, 6.45) is 1.72. The van der Waals surface area contributed by atoms with Crippen LogP contribution in [0.4, 0.5) is 4.79 Å². The normalized spacial score (nSPS) is 15.7. The molecule has 0 aliphatic carbocycles. The molecular weight excluding hydrogens is 274 g/mol. The monoisotopic (exact) mass is 293 g/mol. The number of urea groups is 1. The van der Waals surface area contributed by atoms with Gasteiger partial charge in [0.25, 0.3) is 0 Å². The first-order valence-electron chi connectivity index (χ1n) is 6.88. The van der Waals surface area contributed by atoms with Crippen molar-refractivity contribution in [2.75, 3.05) is 32.7 Å². The maximum absolute atomic E-state index is 12.0. The first-order valence-corrected chi connectivity index (χ1v) is 6.88. The van der Waals surface area contributed by atoms with Gasteiger partial charge in [-0.15, -0.1) is 0 Å². The molecular formula is C13H19N5O3. The average Bonchev–Trinajstić information content (AvgIpc) is 2.52. The molecule has 0 saturated carbocycles. The number of nitrogens with zero attached hydrogens (tertiary/aromatic N) is 4. The third-order valence-corrected chi connectivity index (χ3v) is 3.35. The summed E-state index contributed by atoms with van der Waals surface area (Å²) in [6, 6.07) is 3.45. The lowest BCUT2D eigenvalue weighted by molar-refractivity contribution is -0.137. The zero-order chi connectivity index (χ0) is 15.1. The Hall–Kier alpha value is -2.22. The number of hydrogen-bond acceptors (Lipinski definition) is 5. The number of carbonyl (C=O) groups is 2. The van der Waals surface area contributed by atoms with Crippen molar-refractivity contribution in [2.24, 2.45) is 0 Å². The number of piperazine rings is 1. The molecule has 1 saturated heterocycles. The molecule has 8 nitrogen and oxygen atoms in total. The lowest BCUT2D eigenvalue weighted by Gasteiger charge is -2.34. The summed E-state index contributed by atoms with van der Waals surface area (Å²) in [5.74, 6) is -0.792. The van der Waals surface area contributed by atoms with E-state index in [-0.39, 0.29) is 12.5 Å². The molecule has 0 bridgehead atoms. The molecule has 2 rings (SSSR count). The Balaban J connectivity index is 1.69. The molecule has 2 heterocycles. The Labute approximate surface area is 122 Å². The van der Waals surface area contributed by atoms with E-state index in [0.717, 1.165) is 0 Å². The van der Waals surface area contributed by atoms with Crippen LogP contribution in [0.3, 0.4) is 0 Å². The van der Waals surface area contributed by atoms with Crippen molar-refractivity contribution in [1.29, 1.82) is 0 Å². The molecule has 1 aliphatic heterocycles. The van der Waals surface area contributed by atoms with Crippen LogP contribution in [0, 0.1) is 0 Å². The first kappa shape index (κ1) is 15.2. The lowest BCUT2D eigenvalue weighted by Crippen LogP contribution is -2.51. The van der Waals surface area contributed by atoms with Gasteiger partial charge >= 0.3 is 12.0 Å². The van der Waals surface area contributed by atoms with Gasteiger partial charge in [-0.1, -0.05) is 0 Å². The topological polar surface area (TPSA) is 98.7 Å². The van der Waals surface area contributed by atoms with Gasteiger partial charge in [0.05, 0.1) is 18.7 Å². The minimum Gasteiger partial charge on any atom is -0.481 e. The predicted octanol–water partition coefficient (Wildman–Crippen LogP) is -0.221. The van der Waals surface area contributed by atoms with Crippen LogP contribution in [0.15, 0.2) is 18.3 Å². The van der Waals surface area contributed by atoms with Crippen LogP contribution in [-0.2, 0) is 11.3 Å². The van der Waals surface area contributed by atoms with Crippen molar-refractivity contribution in [1.82, 2.24) is 25.3 Å². The summed E-state index contributed by atoms with van der Waals surface area (Å²) in [6.45, 7) is 3.49. The van der Waals surface area contributed by atoms with Crippen molar-refractivity contribution >= 4 is 12.0 Å². The molecule has 8 heteroatoms. The van der Waals surface area contributed by atoms with E-state index in [2.05, 4.69) is 20.4 Å². The van der Waals surface area contributed by atoms with E-state index in [0.29, 0.717) is 45.0 Å². The summed E-state index contributed by atoms with van der Waals surface area (Å²) in [5.41, 5.74) is 0.714. The smallest absolute Gasteiger partial charge is 0.317 e. The highest BCUT2D eigenvalue weighted by Gasteiger charge is 2.21. The highest BCUT2D eigenvalue weighted by Crippen LogP contribution is 2.03. The summed E-state index contributed by atoms with van der Waals surface area (Å²) in [4.78, 5) is 26.3. The molecule has 0 radical (unpaired) electrons. The summed E-state index contributed by atoms with van der Waals surface area (Å²) in [7, 11) is 0. The highest BCUT2D eigenvalue weighted by atomic mass is 16.4. The van der Waals surface area contributed by atoms with Gasteiger partial charge in [0, 0.05) is 38.9 Å². The van der Waals surface area contributed by atoms with Gasteiger partial charge < -0.3 is 15.3 Å². The van der Waals surface area contributed by atoms with Crippen LogP contribution in [0.25, 0.3) is 0 Å². The summed E-state index contributed by atoms with van der Waals surface area (Å²) >= 11 is 0. The molecule has 0 spiro atoms. The SMILES string of the molecule is O=C(O)CCN1CCN(C(=O)NCc2cccnn2)CC1. The maximum Gasteiger partial charge on any atom is 0.317 e. The van der Waals surface area contributed by atoms with Crippen LogP contribution in [0.2, 0.25) is 0 Å². The zero-order valence-electron chi connectivity index (χ0n) is 11.7. The fraction of sp³-hybridized carbons (Fsp3) is 0.538. The van der Waals surface area contributed by atoms with Gasteiger partial charge in [-0.2, -0.15) is 10.2 Å². The second-order valence-electron chi connectivity index (χ2n) is 4.85. The molecule has 2 amide bonds. The first-order chi connectivity index (χ1) is 10.1. The third kappa shape index (κ3) is 4.99. The van der Waals surface area contributed by atoms with E-state index in [1.54, 1.807) is 23.2 Å². The van der Waals surface area contributed by atoms with Crippen LogP contribution in [0.1, 0.15) is 12.1 Å². The van der Waals surface area contributed by atoms with E-state index < -0.39 is 5.97 Å². The number of aromatic nitrogens is 2. The summed E-state index contributed by atoms with van der Waals surface area (Å²) in [5, 5.41) is 19.1. The number of carboxylic acids is 1. The minimum atomic E-state index is -0.792. The molecule has 1 aromatic rings. The molecule has 0 atom stereocenters. The second-order valence-corrected chi connectivity index (χ2v) is 4.85. The number of hydrogen-bond donors (Lipinski definition) is 2. The average molecular weight is 293 g/mol. The van der Waals surface area contributed by atoms with Gasteiger partial charge in [0.1, 0.15) is 0 Å². The van der Waals surface area contributed by atoms with E-state index in [9.17, 15) is 9.59 Å². The standard InChI is InChI=1S/C13H19N5O3/c19-12(20)3-5-17-6-8-18(9-7-17)13(21)14-10-11-2-1-4-15-16-11/h1-2,4H,3,5-10H2,(H,14,21)(H,19,20). The highest BCUT2D eigenvalue weighted by molar-refractivity contribution is 5.74.